The maximum Gasteiger partial charge on any atom is 0.298 e. The first-order valence-electron chi connectivity index (χ1n) is 44.5. The number of unbranched alkanes of at least 4 members (excludes halogenated alkanes) is 1. The second-order valence-electron chi connectivity index (χ2n) is 33.7. The summed E-state index contributed by atoms with van der Waals surface area (Å²) in [6.45, 7) is 19.9. The van der Waals surface area contributed by atoms with Crippen LogP contribution in [0.2, 0.25) is 0 Å². The average Bonchev–Trinajstić information content (AvgIpc) is 1.61. The summed E-state index contributed by atoms with van der Waals surface area (Å²) in [6.07, 6.45) is 0.551. The van der Waals surface area contributed by atoms with Crippen molar-refractivity contribution in [1.29, 1.82) is 0 Å². The van der Waals surface area contributed by atoms with Gasteiger partial charge in [0.15, 0.2) is 5.67 Å². The van der Waals surface area contributed by atoms with Gasteiger partial charge < -0.3 is 104 Å². The lowest BCUT2D eigenvalue weighted by atomic mass is 9.85. The third-order valence-corrected chi connectivity index (χ3v) is 24.0. The number of likely N-dealkylation sites (tertiary alicyclic amines) is 1. The highest BCUT2D eigenvalue weighted by Crippen LogP contribution is 2.41. The van der Waals surface area contributed by atoms with Crippen LogP contribution in [0.5, 0.6) is 5.75 Å². The van der Waals surface area contributed by atoms with E-state index in [-0.39, 0.29) is 208 Å². The van der Waals surface area contributed by atoms with Gasteiger partial charge in [-0.2, -0.15) is 20.2 Å². The van der Waals surface area contributed by atoms with Crippen molar-refractivity contribution in [2.45, 2.75) is 182 Å². The number of aliphatic hydroxyl groups is 1. The van der Waals surface area contributed by atoms with E-state index in [1.807, 2.05) is 48.1 Å². The molecule has 8 aromatic rings. The van der Waals surface area contributed by atoms with Crippen LogP contribution >= 0.6 is 11.3 Å². The second-order valence-corrected chi connectivity index (χ2v) is 34.6. The second kappa shape index (κ2) is 46.9. The number of thiazole rings is 1. The molecule has 3 atom stereocenters. The van der Waals surface area contributed by atoms with Crippen molar-refractivity contribution in [1.82, 2.24) is 78.8 Å². The van der Waals surface area contributed by atoms with Crippen molar-refractivity contribution in [3.63, 3.8) is 0 Å². The number of primary amides is 2. The molecule has 1 aliphatic carbocycles. The van der Waals surface area contributed by atoms with E-state index in [0.717, 1.165) is 16.1 Å². The molecule has 710 valence electrons. The number of nitrogens with one attached hydrogen (secondary N) is 4. The van der Waals surface area contributed by atoms with E-state index in [2.05, 4.69) is 46.4 Å². The fraction of sp³-hybridized carbons (Fsp3) is 0.556. The maximum absolute atomic E-state index is 14.7. The molecule has 9 N–H and O–H groups in total. The number of imidazole rings is 2. The smallest absolute Gasteiger partial charge is 0.298 e. The molecule has 0 bridgehead atoms. The summed E-state index contributed by atoms with van der Waals surface area (Å²) < 4.78 is 66.2. The lowest BCUT2D eigenvalue weighted by molar-refractivity contribution is -0.145. The van der Waals surface area contributed by atoms with Gasteiger partial charge in [0.2, 0.25) is 58.5 Å². The molecule has 5 aromatic heterocycles. The molecule has 0 radical (unpaired) electrons. The van der Waals surface area contributed by atoms with Crippen molar-refractivity contribution in [3.05, 3.63) is 129 Å². The molecule has 3 aliphatic rings. The van der Waals surface area contributed by atoms with Crippen LogP contribution in [0, 0.1) is 26.2 Å². The Morgan fingerprint density at radius 3 is 1.63 bits per heavy atom. The van der Waals surface area contributed by atoms with Crippen molar-refractivity contribution in [2.75, 3.05) is 125 Å². The maximum atomic E-state index is 14.7. The van der Waals surface area contributed by atoms with Crippen LogP contribution in [-0.2, 0) is 109 Å². The molecule has 39 nitrogen and oxygen atoms in total. The minimum absolute atomic E-state index is 0.0195. The Morgan fingerprint density at radius 1 is 0.618 bits per heavy atom. The number of nitrogens with two attached hydrogens (primary N) is 2. The third kappa shape index (κ3) is 27.0. The first-order valence-corrected chi connectivity index (χ1v) is 45.4. The zero-order valence-corrected chi connectivity index (χ0v) is 77.1. The SMILES string of the molecule is CCn1nc(C)cc1C(=O)N=c1n(C)c2cc(C(N)=O)ccc2n1CCC(CCn1c(=NC(=O)c2cc(C)nn2CC)n(C)c2cc(C(N)=O)ccc21)OCC(=O)NCCOCCOCCOCCOCCC(=O)N1CCN(C(=O)CCOCCC(=O)NCCCCOc2cc(-c3scnc3C)ccc2CNC(=O)[C@@H]2C[C@@H](O)CN2C(=O)[C@@H](NC(=O)C2(F)CC2)C(C)(C)C)CC1. The highest BCUT2D eigenvalue weighted by molar-refractivity contribution is 7.13. The van der Waals surface area contributed by atoms with Gasteiger partial charge >= 0.3 is 0 Å². The predicted molar refractivity (Wildman–Crippen MR) is 479 cm³/mol. The fourth-order valence-electron chi connectivity index (χ4n) is 15.6. The number of amides is 11. The van der Waals surface area contributed by atoms with Gasteiger partial charge in [0.1, 0.15) is 35.8 Å². The fourth-order valence-corrected chi connectivity index (χ4v) is 16.4. The van der Waals surface area contributed by atoms with E-state index >= 15 is 0 Å². The molecule has 1 saturated carbocycles. The van der Waals surface area contributed by atoms with Gasteiger partial charge in [-0.1, -0.05) is 32.9 Å². The summed E-state index contributed by atoms with van der Waals surface area (Å²) in [6, 6.07) is 16.7. The number of nitrogens with zero attached hydrogens (tertiary/aromatic N) is 14. The number of carbonyl (C=O) groups excluding carboxylic acids is 11. The van der Waals surface area contributed by atoms with E-state index in [1.54, 1.807) is 131 Å². The zero-order valence-electron chi connectivity index (χ0n) is 76.3. The Labute approximate surface area is 762 Å². The van der Waals surface area contributed by atoms with Crippen LogP contribution < -0.4 is 48.7 Å². The molecule has 2 saturated heterocycles. The van der Waals surface area contributed by atoms with E-state index in [1.165, 1.54) is 16.2 Å². The van der Waals surface area contributed by atoms with Gasteiger partial charge in [-0.3, -0.25) is 62.1 Å². The Morgan fingerprint density at radius 2 is 1.13 bits per heavy atom. The van der Waals surface area contributed by atoms with Gasteiger partial charge in [-0.25, -0.2) is 9.37 Å². The molecule has 41 heteroatoms. The van der Waals surface area contributed by atoms with Crippen LogP contribution in [0.4, 0.5) is 4.39 Å². The molecule has 131 heavy (non-hydrogen) atoms. The Balaban J connectivity index is 0.539. The van der Waals surface area contributed by atoms with E-state index in [9.17, 15) is 62.2 Å². The normalized spacial score (nSPS) is 15.7. The van der Waals surface area contributed by atoms with E-state index in [0.29, 0.717) is 110 Å². The number of aryl methyl sites for hydroxylation is 9. The molecule has 7 heterocycles. The molecule has 0 spiro atoms. The van der Waals surface area contributed by atoms with E-state index < -0.39 is 82.6 Å². The first kappa shape index (κ1) is 99.8. The number of carbonyl (C=O) groups is 11. The molecule has 3 fully saturated rings. The van der Waals surface area contributed by atoms with Gasteiger partial charge in [0.25, 0.3) is 17.7 Å². The van der Waals surface area contributed by atoms with Crippen molar-refractivity contribution in [3.8, 4) is 16.2 Å². The van der Waals surface area contributed by atoms with Crippen LogP contribution in [0.3, 0.4) is 0 Å². The average molecular weight is 1840 g/mol. The van der Waals surface area contributed by atoms with Crippen LogP contribution in [0.25, 0.3) is 32.5 Å². The quantitative estimate of drug-likeness (QED) is 0.0266. The molecule has 3 aromatic carbocycles. The summed E-state index contributed by atoms with van der Waals surface area (Å²) in [4.78, 5) is 165. The van der Waals surface area contributed by atoms with Gasteiger partial charge in [0, 0.05) is 122 Å². The number of ether oxygens (including phenoxy) is 7. The number of piperazine rings is 1. The predicted octanol–water partition coefficient (Wildman–Crippen LogP) is 3.93. The minimum atomic E-state index is -2.01. The Hall–Kier alpha value is -11.7. The number of aliphatic hydroxyl groups excluding tert-OH is 1. The topological polar surface area (TPSA) is 475 Å². The minimum Gasteiger partial charge on any atom is -0.493 e. The summed E-state index contributed by atoms with van der Waals surface area (Å²) in [5, 5.41) is 30.8. The van der Waals surface area contributed by atoms with Gasteiger partial charge in [0.05, 0.1) is 147 Å². The number of halogens is 1. The Kier molecular flexibility index (Phi) is 35.7. The van der Waals surface area contributed by atoms with Crippen molar-refractivity contribution < 1.29 is 95.4 Å². The first-order chi connectivity index (χ1) is 62.7. The summed E-state index contributed by atoms with van der Waals surface area (Å²) in [7, 11) is 3.46. The van der Waals surface area contributed by atoms with Crippen LogP contribution in [-0.4, -0.2) is 283 Å². The largest absolute Gasteiger partial charge is 0.493 e. The number of hydrogen-bond acceptors (Lipinski definition) is 23. The third-order valence-electron chi connectivity index (χ3n) is 23.0. The summed E-state index contributed by atoms with van der Waals surface area (Å²) in [5.74, 6) is -4.61. The lowest BCUT2D eigenvalue weighted by Gasteiger charge is -2.35. The lowest BCUT2D eigenvalue weighted by Crippen LogP contribution is -2.59. The zero-order chi connectivity index (χ0) is 94.2. The molecule has 11 amide bonds. The summed E-state index contributed by atoms with van der Waals surface area (Å²) >= 11 is 1.48. The van der Waals surface area contributed by atoms with Gasteiger partial charge in [-0.05, 0) is 139 Å². The molecule has 2 aliphatic heterocycles. The number of fused-ring (bicyclic) bond motifs is 2. The monoisotopic (exact) mass is 1840 g/mol. The molecular weight excluding hydrogens is 1720 g/mol. The van der Waals surface area contributed by atoms with E-state index in [4.69, 9.17) is 44.6 Å². The van der Waals surface area contributed by atoms with Crippen molar-refractivity contribution in [2.24, 2.45) is 41.0 Å². The number of benzene rings is 3. The number of β-amino-alcohol motifs (C(OH)–C–C–N with tert-alkyl or cyclic N) is 1. The number of rotatable bonds is 49. The highest BCUT2D eigenvalue weighted by Gasteiger charge is 2.53. The number of hydrogen-bond donors (Lipinski definition) is 7. The molecular formula is C90H123FN20O19S. The number of aromatic nitrogens is 9. The van der Waals surface area contributed by atoms with Crippen LogP contribution in [0.1, 0.15) is 163 Å². The molecule has 11 rings (SSSR count). The molecule has 0 unspecified atom stereocenters. The summed E-state index contributed by atoms with van der Waals surface area (Å²) in [5.41, 5.74) is 18.0. The number of alkyl halides is 1. The van der Waals surface area contributed by atoms with Gasteiger partial charge in [-0.15, -0.1) is 11.3 Å². The van der Waals surface area contributed by atoms with Crippen LogP contribution in [0.15, 0.2) is 82.2 Å². The standard InChI is InChI=1S/C90H123FN20O19S/c1-11-110-71(47-57(3)101-110)83(120)99-87-103(9)68-49-61(80(92)117)17-19-66(68)107(87)30-21-65(22-31-108-67-20-18-62(81(93)118)50-69(67)104(10)88(108)100-84(121)72-48-58(4)102-111(72)12-2)130-55-75(114)95-29-40-126-42-44-128-46-45-127-43-41-125-39-25-77(116)106-34-32-105(33-35-106)76(115)24-38-124-37-23-74(113)94-28-13-14-36-129-73-51-60(78-59(5)97-56-131-78)15-16-63(73)53-96-82(119)70-52-64(112)54-109(70)85(122)79(89(6,7)8)98-86(123)90(91)26-27-90/h15-20,47-51,56,64-65,70,79,112H,11-14,21-46,52-55H2,1-10H3,(H2,92,117)(H2,93,118)(H,94,113)(H,95,114)(H,96,119)(H,98,123)/t64-,65?,70+,79-/m1/s1. The van der Waals surface area contributed by atoms with Crippen molar-refractivity contribution >= 4 is 98.4 Å². The highest BCUT2D eigenvalue weighted by atomic mass is 32.1. The Bertz CT molecular complexity index is 5370.